The van der Waals surface area contributed by atoms with Crippen molar-refractivity contribution in [1.29, 1.82) is 0 Å². The molecule has 0 aliphatic heterocycles. The Kier molecular flexibility index (Phi) is 8.48. The number of rotatable bonds is 9. The standard InChI is InChI=1S/C25H41NO/c1-3-5-6-7-24-16-17-25(18-26-24)27-19-21-10-14-23(15-11-21)22-12-8-20(4-2)9-13-22/h16-18,20-23H,3-15,19H2,1-2H3. The topological polar surface area (TPSA) is 22.1 Å². The normalized spacial score (nSPS) is 28.8. The van der Waals surface area contributed by atoms with Gasteiger partial charge in [0.2, 0.25) is 0 Å². The summed E-state index contributed by atoms with van der Waals surface area (Å²) in [5.41, 5.74) is 1.20. The van der Waals surface area contributed by atoms with Crippen molar-refractivity contribution in [3.05, 3.63) is 24.0 Å². The van der Waals surface area contributed by atoms with Gasteiger partial charge in [-0.25, -0.2) is 0 Å². The molecule has 2 heteroatoms. The predicted molar refractivity (Wildman–Crippen MR) is 114 cm³/mol. The van der Waals surface area contributed by atoms with Gasteiger partial charge < -0.3 is 4.74 Å². The minimum atomic E-state index is 0.748. The van der Waals surface area contributed by atoms with Crippen LogP contribution >= 0.6 is 0 Å². The number of nitrogens with zero attached hydrogens (tertiary/aromatic N) is 1. The molecule has 2 saturated carbocycles. The Morgan fingerprint density at radius 2 is 1.52 bits per heavy atom. The maximum Gasteiger partial charge on any atom is 0.137 e. The zero-order valence-corrected chi connectivity index (χ0v) is 17.8. The van der Waals surface area contributed by atoms with Crippen LogP contribution in [0.15, 0.2) is 18.3 Å². The van der Waals surface area contributed by atoms with E-state index in [4.69, 9.17) is 4.74 Å². The van der Waals surface area contributed by atoms with Crippen molar-refractivity contribution >= 4 is 0 Å². The quantitative estimate of drug-likeness (QED) is 0.428. The van der Waals surface area contributed by atoms with Crippen molar-refractivity contribution in [3.8, 4) is 5.75 Å². The lowest BCUT2D eigenvalue weighted by Crippen LogP contribution is -2.27. The third-order valence-electron chi connectivity index (χ3n) is 7.35. The highest BCUT2D eigenvalue weighted by atomic mass is 16.5. The summed E-state index contributed by atoms with van der Waals surface area (Å²) in [6.07, 6.45) is 19.8. The summed E-state index contributed by atoms with van der Waals surface area (Å²) in [4.78, 5) is 4.58. The van der Waals surface area contributed by atoms with Gasteiger partial charge in [0.05, 0.1) is 12.8 Å². The van der Waals surface area contributed by atoms with E-state index >= 15 is 0 Å². The molecular weight excluding hydrogens is 330 g/mol. The number of unbranched alkanes of at least 4 members (excludes halogenated alkanes) is 2. The summed E-state index contributed by atoms with van der Waals surface area (Å²) in [7, 11) is 0. The van der Waals surface area contributed by atoms with Crippen LogP contribution in [0.25, 0.3) is 0 Å². The second-order valence-corrected chi connectivity index (χ2v) is 9.22. The van der Waals surface area contributed by atoms with Gasteiger partial charge in [0.25, 0.3) is 0 Å². The predicted octanol–water partition coefficient (Wildman–Crippen LogP) is 7.22. The first-order valence-electron chi connectivity index (χ1n) is 11.9. The Bertz CT molecular complexity index is 510. The summed E-state index contributed by atoms with van der Waals surface area (Å²) in [6, 6.07) is 4.26. The first-order chi connectivity index (χ1) is 13.3. The van der Waals surface area contributed by atoms with E-state index in [0.29, 0.717) is 0 Å². The summed E-state index contributed by atoms with van der Waals surface area (Å²) in [6.45, 7) is 5.49. The van der Waals surface area contributed by atoms with Crippen molar-refractivity contribution in [3.63, 3.8) is 0 Å². The highest BCUT2D eigenvalue weighted by Crippen LogP contribution is 2.42. The van der Waals surface area contributed by atoms with Gasteiger partial charge in [-0.05, 0) is 87.2 Å². The van der Waals surface area contributed by atoms with E-state index in [-0.39, 0.29) is 0 Å². The molecule has 2 nitrogen and oxygen atoms in total. The Balaban J connectivity index is 1.33. The van der Waals surface area contributed by atoms with Gasteiger partial charge in [0.1, 0.15) is 5.75 Å². The van der Waals surface area contributed by atoms with Crippen LogP contribution in [0.3, 0.4) is 0 Å². The lowest BCUT2D eigenvalue weighted by atomic mass is 9.69. The summed E-state index contributed by atoms with van der Waals surface area (Å²) >= 11 is 0. The Labute approximate surface area is 167 Å². The number of hydrogen-bond acceptors (Lipinski definition) is 2. The molecule has 152 valence electrons. The van der Waals surface area contributed by atoms with Crippen LogP contribution in [0.1, 0.15) is 96.6 Å². The van der Waals surface area contributed by atoms with Gasteiger partial charge >= 0.3 is 0 Å². The fourth-order valence-corrected chi connectivity index (χ4v) is 5.31. The minimum absolute atomic E-state index is 0.748. The van der Waals surface area contributed by atoms with Crippen LogP contribution in [-0.2, 0) is 6.42 Å². The van der Waals surface area contributed by atoms with Crippen molar-refractivity contribution in [2.75, 3.05) is 6.61 Å². The van der Waals surface area contributed by atoms with Crippen molar-refractivity contribution in [2.45, 2.75) is 97.3 Å². The molecule has 0 atom stereocenters. The Morgan fingerprint density at radius 3 is 2.07 bits per heavy atom. The van der Waals surface area contributed by atoms with E-state index < -0.39 is 0 Å². The SMILES string of the molecule is CCCCCc1ccc(OCC2CCC(C3CCC(CC)CC3)CC2)cn1. The first-order valence-corrected chi connectivity index (χ1v) is 11.9. The fourth-order valence-electron chi connectivity index (χ4n) is 5.31. The number of pyridine rings is 1. The molecule has 0 aromatic carbocycles. The largest absolute Gasteiger partial charge is 0.492 e. The number of hydrogen-bond donors (Lipinski definition) is 0. The van der Waals surface area contributed by atoms with Gasteiger partial charge in [0, 0.05) is 5.69 Å². The van der Waals surface area contributed by atoms with Crippen molar-refractivity contribution in [1.82, 2.24) is 4.98 Å². The molecule has 0 amide bonds. The van der Waals surface area contributed by atoms with E-state index in [1.54, 1.807) is 0 Å². The molecule has 27 heavy (non-hydrogen) atoms. The number of aromatic nitrogens is 1. The second kappa shape index (κ2) is 11.1. The van der Waals surface area contributed by atoms with Crippen LogP contribution in [0.5, 0.6) is 5.75 Å². The average Bonchev–Trinajstić information content (AvgIpc) is 2.74. The lowest BCUT2D eigenvalue weighted by molar-refractivity contribution is 0.123. The van der Waals surface area contributed by atoms with Gasteiger partial charge in [0.15, 0.2) is 0 Å². The lowest BCUT2D eigenvalue weighted by Gasteiger charge is -2.37. The number of ether oxygens (including phenoxy) is 1. The molecule has 2 aliphatic rings. The highest BCUT2D eigenvalue weighted by molar-refractivity contribution is 5.20. The monoisotopic (exact) mass is 371 g/mol. The summed E-state index contributed by atoms with van der Waals surface area (Å²) in [5.74, 6) is 4.76. The molecule has 2 fully saturated rings. The Hall–Kier alpha value is -1.05. The molecular formula is C25H41NO. The minimum Gasteiger partial charge on any atom is -0.492 e. The molecule has 1 aromatic rings. The van der Waals surface area contributed by atoms with Crippen LogP contribution < -0.4 is 4.74 Å². The molecule has 1 aromatic heterocycles. The third-order valence-corrected chi connectivity index (χ3v) is 7.35. The van der Waals surface area contributed by atoms with Gasteiger partial charge in [-0.3, -0.25) is 4.98 Å². The van der Waals surface area contributed by atoms with E-state index in [0.717, 1.165) is 42.4 Å². The fraction of sp³-hybridized carbons (Fsp3) is 0.800. The molecule has 0 N–H and O–H groups in total. The summed E-state index contributed by atoms with van der Waals surface area (Å²) < 4.78 is 6.07. The van der Waals surface area contributed by atoms with E-state index in [1.165, 1.54) is 82.7 Å². The van der Waals surface area contributed by atoms with Gasteiger partial charge in [-0.1, -0.05) is 46.0 Å². The highest BCUT2D eigenvalue weighted by Gasteiger charge is 2.30. The second-order valence-electron chi connectivity index (χ2n) is 9.22. The van der Waals surface area contributed by atoms with E-state index in [9.17, 15) is 0 Å². The third kappa shape index (κ3) is 6.50. The zero-order chi connectivity index (χ0) is 18.9. The van der Waals surface area contributed by atoms with Crippen LogP contribution in [0, 0.1) is 23.7 Å². The molecule has 2 aliphatic carbocycles. The van der Waals surface area contributed by atoms with E-state index in [1.807, 2.05) is 6.20 Å². The molecule has 0 bridgehead atoms. The molecule has 0 radical (unpaired) electrons. The summed E-state index contributed by atoms with van der Waals surface area (Å²) in [5, 5.41) is 0. The smallest absolute Gasteiger partial charge is 0.137 e. The first kappa shape index (κ1) is 20.7. The molecule has 3 rings (SSSR count). The maximum atomic E-state index is 6.07. The van der Waals surface area contributed by atoms with Crippen LogP contribution in [0.2, 0.25) is 0 Å². The van der Waals surface area contributed by atoms with Crippen LogP contribution in [-0.4, -0.2) is 11.6 Å². The molecule has 1 heterocycles. The van der Waals surface area contributed by atoms with Crippen molar-refractivity contribution < 1.29 is 4.74 Å². The number of aryl methyl sites for hydroxylation is 1. The molecule has 0 saturated heterocycles. The van der Waals surface area contributed by atoms with Gasteiger partial charge in [-0.15, -0.1) is 0 Å². The van der Waals surface area contributed by atoms with Gasteiger partial charge in [-0.2, -0.15) is 0 Å². The average molecular weight is 372 g/mol. The zero-order valence-electron chi connectivity index (χ0n) is 17.8. The van der Waals surface area contributed by atoms with Crippen LogP contribution in [0.4, 0.5) is 0 Å². The molecule has 0 spiro atoms. The molecule has 0 unspecified atom stereocenters. The van der Waals surface area contributed by atoms with E-state index in [2.05, 4.69) is 31.0 Å². The maximum absolute atomic E-state index is 6.07. The van der Waals surface area contributed by atoms with Crippen molar-refractivity contribution in [2.24, 2.45) is 23.7 Å². The Morgan fingerprint density at radius 1 is 0.852 bits per heavy atom.